The number of hydrogen-bond acceptors (Lipinski definition) is 5. The lowest BCUT2D eigenvalue weighted by atomic mass is 10.1. The third kappa shape index (κ3) is 4.53. The van der Waals surface area contributed by atoms with Crippen molar-refractivity contribution in [2.45, 2.75) is 11.7 Å². The summed E-state index contributed by atoms with van der Waals surface area (Å²) < 4.78 is 13.1. The number of halogens is 1. The van der Waals surface area contributed by atoms with E-state index in [0.717, 1.165) is 39.5 Å². The minimum atomic E-state index is -0.612. The summed E-state index contributed by atoms with van der Waals surface area (Å²) in [4.78, 5) is 28.2. The second kappa shape index (κ2) is 9.44. The normalized spacial score (nSPS) is 17.0. The van der Waals surface area contributed by atoms with Crippen molar-refractivity contribution in [3.05, 3.63) is 95.8 Å². The van der Waals surface area contributed by atoms with Crippen molar-refractivity contribution in [2.24, 2.45) is 10.2 Å². The molecule has 0 bridgehead atoms. The molecular weight excluding hydrogens is 451 g/mol. The van der Waals surface area contributed by atoms with Gasteiger partial charge in [-0.25, -0.2) is 4.39 Å². The molecule has 1 aliphatic heterocycles. The lowest BCUT2D eigenvalue weighted by Crippen LogP contribution is -2.26. The van der Waals surface area contributed by atoms with Gasteiger partial charge in [0.1, 0.15) is 5.82 Å². The predicted octanol–water partition coefficient (Wildman–Crippen LogP) is 5.17. The van der Waals surface area contributed by atoms with E-state index in [1.807, 2.05) is 54.6 Å². The number of H-pyrrole nitrogens is 1. The molecule has 2 heterocycles. The quantitative estimate of drug-likeness (QED) is 0.232. The number of amides is 1. The molecule has 1 aliphatic rings. The van der Waals surface area contributed by atoms with Crippen molar-refractivity contribution in [3.63, 3.8) is 0 Å². The second-order valence-corrected chi connectivity index (χ2v) is 8.90. The van der Waals surface area contributed by atoms with Gasteiger partial charge in [-0.3, -0.25) is 9.59 Å². The smallest absolute Gasteiger partial charge is 0.240 e. The van der Waals surface area contributed by atoms with Crippen LogP contribution in [0.1, 0.15) is 22.3 Å². The number of fused-ring (bicyclic) bond motifs is 1. The van der Waals surface area contributed by atoms with Crippen LogP contribution in [-0.2, 0) is 4.79 Å². The van der Waals surface area contributed by atoms with E-state index in [1.54, 1.807) is 6.21 Å². The Morgan fingerprint density at radius 2 is 1.74 bits per heavy atom. The number of aromatic nitrogens is 1. The molecule has 1 saturated heterocycles. The molecule has 2 N–H and O–H groups in total. The van der Waals surface area contributed by atoms with E-state index in [0.29, 0.717) is 10.7 Å². The zero-order valence-corrected chi connectivity index (χ0v) is 18.7. The average Bonchev–Trinajstić information content (AvgIpc) is 3.40. The largest absolute Gasteiger partial charge is 0.354 e. The van der Waals surface area contributed by atoms with E-state index in [1.165, 1.54) is 24.3 Å². The van der Waals surface area contributed by atoms with Crippen LogP contribution in [0.5, 0.6) is 0 Å². The Hall–Kier alpha value is -4.04. The Bertz CT molecular complexity index is 1430. The lowest BCUT2D eigenvalue weighted by molar-refractivity contribution is -0.118. The van der Waals surface area contributed by atoms with E-state index in [4.69, 9.17) is 0 Å². The first-order chi connectivity index (χ1) is 16.6. The molecular formula is C26H19FN4O2S. The van der Waals surface area contributed by atoms with Gasteiger partial charge in [0.05, 0.1) is 17.2 Å². The van der Waals surface area contributed by atoms with Gasteiger partial charge in [-0.15, -0.1) is 5.10 Å². The van der Waals surface area contributed by atoms with E-state index < -0.39 is 11.1 Å². The highest BCUT2D eigenvalue weighted by Crippen LogP contribution is 2.29. The molecule has 1 amide bonds. The van der Waals surface area contributed by atoms with E-state index >= 15 is 0 Å². The highest BCUT2D eigenvalue weighted by atomic mass is 32.2. The van der Waals surface area contributed by atoms with E-state index in [-0.39, 0.29) is 18.1 Å². The zero-order chi connectivity index (χ0) is 23.5. The number of hydrogen-bond donors (Lipinski definition) is 2. The first-order valence-electron chi connectivity index (χ1n) is 10.6. The molecule has 34 heavy (non-hydrogen) atoms. The number of nitrogens with one attached hydrogen (secondary N) is 2. The molecule has 1 aromatic heterocycles. The Morgan fingerprint density at radius 1 is 1.00 bits per heavy atom. The van der Waals surface area contributed by atoms with Gasteiger partial charge in [-0.2, -0.15) is 5.10 Å². The van der Waals surface area contributed by atoms with E-state index in [2.05, 4.69) is 20.5 Å². The topological polar surface area (TPSA) is 86.7 Å². The minimum absolute atomic E-state index is 0.00846. The molecule has 0 radical (unpaired) electrons. The van der Waals surface area contributed by atoms with Crippen LogP contribution in [0.2, 0.25) is 0 Å². The standard InChI is InChI=1S/C26H19FN4O2S/c27-18-12-10-16(11-13-18)22(32)14-23-25(33)30-26(34-23)31-28-15-20-19-8-4-5-9-21(19)29-24(20)17-6-2-1-3-7-17/h1-13,15,23,29H,14H2,(H,30,31,33). The third-order valence-corrected chi connectivity index (χ3v) is 6.53. The van der Waals surface area contributed by atoms with Crippen LogP contribution in [0.3, 0.4) is 0 Å². The van der Waals surface area contributed by atoms with Gasteiger partial charge in [0.25, 0.3) is 0 Å². The number of rotatable bonds is 6. The van der Waals surface area contributed by atoms with Gasteiger partial charge in [-0.05, 0) is 35.9 Å². The molecule has 6 nitrogen and oxygen atoms in total. The van der Waals surface area contributed by atoms with Crippen molar-refractivity contribution in [3.8, 4) is 11.3 Å². The molecule has 5 rings (SSSR count). The fourth-order valence-corrected chi connectivity index (χ4v) is 4.70. The molecule has 0 saturated carbocycles. The molecule has 168 valence electrons. The van der Waals surface area contributed by atoms with Crippen molar-refractivity contribution in [1.82, 2.24) is 10.3 Å². The Labute approximate surface area is 199 Å². The van der Waals surface area contributed by atoms with Gasteiger partial charge in [-0.1, -0.05) is 60.3 Å². The Balaban J connectivity index is 1.34. The molecule has 3 aromatic carbocycles. The number of amidine groups is 1. The predicted molar refractivity (Wildman–Crippen MR) is 134 cm³/mol. The lowest BCUT2D eigenvalue weighted by Gasteiger charge is -2.04. The minimum Gasteiger partial charge on any atom is -0.354 e. The van der Waals surface area contributed by atoms with Gasteiger partial charge in [0.2, 0.25) is 5.91 Å². The first kappa shape index (κ1) is 21.8. The summed E-state index contributed by atoms with van der Waals surface area (Å²) >= 11 is 1.16. The van der Waals surface area contributed by atoms with Gasteiger partial charge in [0.15, 0.2) is 11.0 Å². The molecule has 4 aromatic rings. The van der Waals surface area contributed by atoms with Crippen molar-refractivity contribution >= 4 is 45.7 Å². The Morgan fingerprint density at radius 3 is 2.53 bits per heavy atom. The monoisotopic (exact) mass is 470 g/mol. The van der Waals surface area contributed by atoms with E-state index in [9.17, 15) is 14.0 Å². The maximum Gasteiger partial charge on any atom is 0.240 e. The summed E-state index contributed by atoms with van der Waals surface area (Å²) in [5, 5.41) is 11.8. The Kier molecular flexibility index (Phi) is 6.05. The van der Waals surface area contributed by atoms with Crippen LogP contribution in [-0.4, -0.2) is 33.3 Å². The maximum atomic E-state index is 13.1. The number of benzene rings is 3. The summed E-state index contributed by atoms with van der Waals surface area (Å²) in [6.45, 7) is 0. The summed E-state index contributed by atoms with van der Waals surface area (Å²) in [6.07, 6.45) is 1.66. The highest BCUT2D eigenvalue weighted by molar-refractivity contribution is 8.15. The van der Waals surface area contributed by atoms with Crippen molar-refractivity contribution in [2.75, 3.05) is 0 Å². The molecule has 1 fully saturated rings. The van der Waals surface area contributed by atoms with Crippen LogP contribution >= 0.6 is 11.8 Å². The molecule has 8 heteroatoms. The highest BCUT2D eigenvalue weighted by Gasteiger charge is 2.32. The van der Waals surface area contributed by atoms with Gasteiger partial charge >= 0.3 is 0 Å². The zero-order valence-electron chi connectivity index (χ0n) is 17.9. The summed E-state index contributed by atoms with van der Waals surface area (Å²) in [5.41, 5.74) is 4.19. The van der Waals surface area contributed by atoms with Gasteiger partial charge in [0, 0.05) is 28.5 Å². The van der Waals surface area contributed by atoms with Gasteiger partial charge < -0.3 is 10.3 Å². The number of aromatic amines is 1. The fraction of sp³-hybridized carbons (Fsp3) is 0.0769. The number of para-hydroxylation sites is 1. The SMILES string of the molecule is O=C(CC1SC(=NN=Cc2c(-c3ccccc3)[nH]c3ccccc23)NC1=O)c1ccc(F)cc1. The number of carbonyl (C=O) groups excluding carboxylic acids is 2. The molecule has 1 unspecified atom stereocenters. The number of carbonyl (C=O) groups is 2. The molecule has 0 spiro atoms. The molecule has 1 atom stereocenters. The van der Waals surface area contributed by atoms with Crippen LogP contribution in [0.15, 0.2) is 89.1 Å². The molecule has 0 aliphatic carbocycles. The van der Waals surface area contributed by atoms with Crippen LogP contribution in [0, 0.1) is 5.82 Å². The maximum absolute atomic E-state index is 13.1. The second-order valence-electron chi connectivity index (χ2n) is 7.70. The van der Waals surface area contributed by atoms with Crippen molar-refractivity contribution in [1.29, 1.82) is 0 Å². The third-order valence-electron chi connectivity index (χ3n) is 5.46. The number of thioether (sulfide) groups is 1. The van der Waals surface area contributed by atoms with Crippen LogP contribution in [0.25, 0.3) is 22.2 Å². The summed E-state index contributed by atoms with van der Waals surface area (Å²) in [6, 6.07) is 23.2. The first-order valence-corrected chi connectivity index (χ1v) is 11.5. The van der Waals surface area contributed by atoms with Crippen LogP contribution in [0.4, 0.5) is 4.39 Å². The number of nitrogens with zero attached hydrogens (tertiary/aromatic N) is 2. The summed E-state index contributed by atoms with van der Waals surface area (Å²) in [7, 11) is 0. The number of Topliss-reactive ketones (excluding diaryl/α,β-unsaturated/α-hetero) is 1. The summed E-state index contributed by atoms with van der Waals surface area (Å²) in [5.74, 6) is -0.947. The fourth-order valence-electron chi connectivity index (χ4n) is 3.78. The average molecular weight is 471 g/mol. The van der Waals surface area contributed by atoms with Crippen LogP contribution < -0.4 is 5.32 Å². The van der Waals surface area contributed by atoms with Crippen molar-refractivity contribution < 1.29 is 14.0 Å². The number of ketones is 1.